The molecule has 0 unspecified atom stereocenters. The Bertz CT molecular complexity index is 45.6. The normalized spacial score (nSPS) is 6.77. The number of nitrogens with one attached hydrogen (secondary N) is 2. The van der Waals surface area contributed by atoms with Crippen molar-refractivity contribution in [2.24, 2.45) is 11.5 Å². The van der Waals surface area contributed by atoms with Gasteiger partial charge in [-0.15, -0.1) is 13.1 Å². The molecular formula is C6H20CrFN4O. The van der Waals surface area contributed by atoms with E-state index in [1.807, 2.05) is 0 Å². The van der Waals surface area contributed by atoms with Gasteiger partial charge in [0.1, 0.15) is 0 Å². The molecule has 7 heteroatoms. The van der Waals surface area contributed by atoms with Crippen LogP contribution >= 0.6 is 0 Å². The van der Waals surface area contributed by atoms with E-state index in [1.54, 1.807) is 0 Å². The summed E-state index contributed by atoms with van der Waals surface area (Å²) in [5, 5.41) is 0. The van der Waals surface area contributed by atoms with E-state index in [-0.39, 0.29) is 5.48 Å². The topological polar surface area (TPSA) is 131 Å². The SMILES string of the molecule is O.[F][Cr+2].[NH-]CCCN.[NH-]CCCN. The first kappa shape index (κ1) is 23.2. The summed E-state index contributed by atoms with van der Waals surface area (Å²) >= 11 is 1.12. The third kappa shape index (κ3) is 71.1. The van der Waals surface area contributed by atoms with Crippen molar-refractivity contribution in [2.75, 3.05) is 26.2 Å². The second kappa shape index (κ2) is 39.7. The van der Waals surface area contributed by atoms with E-state index >= 15 is 0 Å². The van der Waals surface area contributed by atoms with Crippen molar-refractivity contribution >= 4 is 0 Å². The first-order valence-corrected chi connectivity index (χ1v) is 4.16. The van der Waals surface area contributed by atoms with E-state index in [0.717, 1.165) is 29.6 Å². The van der Waals surface area contributed by atoms with Gasteiger partial charge < -0.3 is 28.4 Å². The van der Waals surface area contributed by atoms with Gasteiger partial charge in [-0.05, 0) is 13.1 Å². The Morgan fingerprint density at radius 3 is 1.15 bits per heavy atom. The molecule has 5 nitrogen and oxygen atoms in total. The molecule has 0 fully saturated rings. The number of hydrogen-bond acceptors (Lipinski definition) is 2. The molecule has 13 heavy (non-hydrogen) atoms. The molecule has 0 aromatic rings. The van der Waals surface area contributed by atoms with Crippen molar-refractivity contribution in [1.82, 2.24) is 0 Å². The molecule has 0 aliphatic carbocycles. The molecule has 0 aliphatic heterocycles. The maximum atomic E-state index is 9.38. The van der Waals surface area contributed by atoms with Gasteiger partial charge in [-0.2, -0.15) is 0 Å². The quantitative estimate of drug-likeness (QED) is 0.728. The van der Waals surface area contributed by atoms with Crippen molar-refractivity contribution in [2.45, 2.75) is 12.8 Å². The summed E-state index contributed by atoms with van der Waals surface area (Å²) in [7, 11) is 0. The van der Waals surface area contributed by atoms with E-state index in [9.17, 15) is 3.52 Å². The van der Waals surface area contributed by atoms with Gasteiger partial charge >= 0.3 is 20.3 Å². The summed E-state index contributed by atoms with van der Waals surface area (Å²) < 4.78 is 9.38. The van der Waals surface area contributed by atoms with Crippen LogP contribution in [0.15, 0.2) is 0 Å². The third-order valence-corrected chi connectivity index (χ3v) is 0.762. The van der Waals surface area contributed by atoms with Crippen LogP contribution in [0.3, 0.4) is 0 Å². The number of nitrogens with two attached hydrogens (primary N) is 2. The average Bonchev–Trinajstić information content (AvgIpc) is 2.12. The zero-order chi connectivity index (χ0) is 10.2. The van der Waals surface area contributed by atoms with Crippen LogP contribution in [0, 0.1) is 0 Å². The Hall–Kier alpha value is 0.262. The van der Waals surface area contributed by atoms with Crippen LogP contribution in [-0.4, -0.2) is 31.7 Å². The number of halogens is 1. The van der Waals surface area contributed by atoms with Crippen LogP contribution in [0.25, 0.3) is 11.5 Å². The number of hydrogen-bond donors (Lipinski definition) is 2. The van der Waals surface area contributed by atoms with Crippen molar-refractivity contribution in [3.8, 4) is 0 Å². The Balaban J connectivity index is -0.0000000491. The minimum absolute atomic E-state index is 0. The van der Waals surface area contributed by atoms with Gasteiger partial charge in [0.2, 0.25) is 0 Å². The Morgan fingerprint density at radius 2 is 1.15 bits per heavy atom. The van der Waals surface area contributed by atoms with Gasteiger partial charge in [0, 0.05) is 0 Å². The predicted molar refractivity (Wildman–Crippen MR) is 50.4 cm³/mol. The second-order valence-corrected chi connectivity index (χ2v) is 1.78. The van der Waals surface area contributed by atoms with Crippen LogP contribution in [0.5, 0.6) is 0 Å². The van der Waals surface area contributed by atoms with Crippen LogP contribution in [0.2, 0.25) is 0 Å². The zero-order valence-corrected chi connectivity index (χ0v) is 8.96. The summed E-state index contributed by atoms with van der Waals surface area (Å²) in [4.78, 5) is 0. The van der Waals surface area contributed by atoms with E-state index in [1.165, 1.54) is 0 Å². The molecule has 0 atom stereocenters. The monoisotopic (exact) mass is 235 g/mol. The molecule has 8 N–H and O–H groups in total. The Labute approximate surface area is 88.2 Å². The van der Waals surface area contributed by atoms with Crippen molar-refractivity contribution < 1.29 is 25.8 Å². The maximum Gasteiger partial charge on any atom is -0.00937 e. The molecule has 0 heterocycles. The molecule has 0 bridgehead atoms. The first-order chi connectivity index (χ1) is 5.83. The predicted octanol–water partition coefficient (Wildman–Crippen LogP) is 0.368. The van der Waals surface area contributed by atoms with Gasteiger partial charge in [-0.1, -0.05) is 12.8 Å². The largest absolute Gasteiger partial charge is 0.677 e. The van der Waals surface area contributed by atoms with E-state index in [0.29, 0.717) is 26.2 Å². The molecule has 0 spiro atoms. The minimum atomic E-state index is 0. The molecule has 0 radical (unpaired) electrons. The molecule has 0 saturated heterocycles. The van der Waals surface area contributed by atoms with Crippen molar-refractivity contribution in [3.05, 3.63) is 11.5 Å². The van der Waals surface area contributed by atoms with Crippen LogP contribution < -0.4 is 11.5 Å². The Morgan fingerprint density at radius 1 is 0.923 bits per heavy atom. The van der Waals surface area contributed by atoms with Crippen LogP contribution in [0.4, 0.5) is 3.52 Å². The minimum Gasteiger partial charge on any atom is -0.677 e. The first-order valence-electron chi connectivity index (χ1n) is 3.68. The van der Waals surface area contributed by atoms with E-state index < -0.39 is 0 Å². The fourth-order valence-corrected chi connectivity index (χ4v) is 0.204. The molecule has 0 saturated carbocycles. The fourth-order valence-electron chi connectivity index (χ4n) is 0.204. The summed E-state index contributed by atoms with van der Waals surface area (Å²) in [6.07, 6.45) is 1.67. The van der Waals surface area contributed by atoms with Crippen molar-refractivity contribution in [1.29, 1.82) is 0 Å². The molecule has 83 valence electrons. The third-order valence-electron chi connectivity index (χ3n) is 0.762. The van der Waals surface area contributed by atoms with Crippen LogP contribution in [0.1, 0.15) is 12.8 Å². The number of rotatable bonds is 4. The van der Waals surface area contributed by atoms with Gasteiger partial charge in [0.05, 0.1) is 0 Å². The molecule has 0 amide bonds. The van der Waals surface area contributed by atoms with Gasteiger partial charge in [0.25, 0.3) is 0 Å². The standard InChI is InChI=1S/2C3H9N2.Cr.FH.H2O/c2*4-2-1-3-5;;;/h2*4H,1-3,5H2;;1H;1H2/q2*-1;+3;;/p-1. The van der Waals surface area contributed by atoms with Gasteiger partial charge in [0.15, 0.2) is 0 Å². The average molecular weight is 235 g/mol. The Kier molecular flexibility index (Phi) is 70.9. The summed E-state index contributed by atoms with van der Waals surface area (Å²) in [6.45, 7) is 2.25. The summed E-state index contributed by atoms with van der Waals surface area (Å²) in [6, 6.07) is 0. The van der Waals surface area contributed by atoms with E-state index in [4.69, 9.17) is 22.9 Å². The maximum absolute atomic E-state index is 9.38. The van der Waals surface area contributed by atoms with E-state index in [2.05, 4.69) is 0 Å². The van der Waals surface area contributed by atoms with Crippen molar-refractivity contribution in [3.63, 3.8) is 0 Å². The summed E-state index contributed by atoms with van der Waals surface area (Å²) in [5.41, 5.74) is 23.1. The molecule has 0 aromatic carbocycles. The second-order valence-electron chi connectivity index (χ2n) is 1.78. The van der Waals surface area contributed by atoms with Gasteiger partial charge in [-0.3, -0.25) is 0 Å². The molecule has 0 rings (SSSR count). The fraction of sp³-hybridized carbons (Fsp3) is 1.00. The zero-order valence-electron chi connectivity index (χ0n) is 7.68. The van der Waals surface area contributed by atoms with Crippen LogP contribution in [-0.2, 0) is 16.7 Å². The molecular weight excluding hydrogens is 215 g/mol. The molecule has 0 aromatic heterocycles. The summed E-state index contributed by atoms with van der Waals surface area (Å²) in [5.74, 6) is 0. The molecule has 0 aliphatic rings. The smallest absolute Gasteiger partial charge is 0.00937 e. The van der Waals surface area contributed by atoms with Gasteiger partial charge in [-0.25, -0.2) is 0 Å².